The van der Waals surface area contributed by atoms with E-state index in [2.05, 4.69) is 45.4 Å². The number of piperidine rings is 1. The van der Waals surface area contributed by atoms with Crippen LogP contribution in [0.15, 0.2) is 35.3 Å². The maximum absolute atomic E-state index is 4.91. The Bertz CT molecular complexity index is 473. The molecule has 2 heterocycles. The van der Waals surface area contributed by atoms with Crippen molar-refractivity contribution in [2.24, 2.45) is 4.99 Å². The molecule has 2 aliphatic heterocycles. The molecule has 2 fully saturated rings. The minimum Gasteiger partial charge on any atom is -0.343 e. The van der Waals surface area contributed by atoms with Gasteiger partial charge in [-0.15, -0.1) is 0 Å². The Balaban J connectivity index is 1.55. The second kappa shape index (κ2) is 8.92. The van der Waals surface area contributed by atoms with E-state index >= 15 is 0 Å². The molecule has 0 amide bonds. The fraction of sp³-hybridized carbons (Fsp3) is 0.632. The van der Waals surface area contributed by atoms with Crippen molar-refractivity contribution >= 4 is 11.6 Å². The number of para-hydroxylation sites is 1. The van der Waals surface area contributed by atoms with E-state index in [4.69, 9.17) is 4.99 Å². The van der Waals surface area contributed by atoms with Gasteiger partial charge < -0.3 is 15.1 Å². The van der Waals surface area contributed by atoms with E-state index in [-0.39, 0.29) is 0 Å². The van der Waals surface area contributed by atoms with Crippen LogP contribution in [-0.2, 0) is 0 Å². The first-order valence-corrected chi connectivity index (χ1v) is 9.26. The van der Waals surface area contributed by atoms with Gasteiger partial charge >= 0.3 is 0 Å². The highest BCUT2D eigenvalue weighted by molar-refractivity contribution is 5.93. The van der Waals surface area contributed by atoms with Gasteiger partial charge in [0.1, 0.15) is 0 Å². The van der Waals surface area contributed by atoms with Gasteiger partial charge in [0.15, 0.2) is 5.96 Å². The predicted molar refractivity (Wildman–Crippen MR) is 98.1 cm³/mol. The topological polar surface area (TPSA) is 30.9 Å². The molecule has 2 aliphatic rings. The maximum atomic E-state index is 4.91. The Morgan fingerprint density at radius 2 is 1.61 bits per heavy atom. The van der Waals surface area contributed by atoms with Crippen LogP contribution in [0.5, 0.6) is 0 Å². The molecule has 126 valence electrons. The molecule has 2 saturated heterocycles. The lowest BCUT2D eigenvalue weighted by molar-refractivity contribution is 0.331. The standard InChI is InChI=1S/C19H30N4/c1-3-10-18(11-4-1)21-19(23-16-5-2-6-17-23)20-12-9-15-22-13-7-8-14-22/h1,3-4,10-11H,2,5-9,12-17H2,(H,20,21). The largest absolute Gasteiger partial charge is 0.343 e. The van der Waals surface area contributed by atoms with E-state index in [1.54, 1.807) is 0 Å². The fourth-order valence-corrected chi connectivity index (χ4v) is 3.46. The van der Waals surface area contributed by atoms with Crippen LogP contribution < -0.4 is 5.32 Å². The van der Waals surface area contributed by atoms with E-state index in [0.717, 1.165) is 37.7 Å². The van der Waals surface area contributed by atoms with Crippen LogP contribution in [-0.4, -0.2) is 55.0 Å². The summed E-state index contributed by atoms with van der Waals surface area (Å²) in [6, 6.07) is 10.4. The van der Waals surface area contributed by atoms with Gasteiger partial charge in [-0.2, -0.15) is 0 Å². The minimum atomic E-state index is 0.919. The van der Waals surface area contributed by atoms with Crippen molar-refractivity contribution in [2.75, 3.05) is 44.6 Å². The fourth-order valence-electron chi connectivity index (χ4n) is 3.46. The van der Waals surface area contributed by atoms with E-state index in [0.29, 0.717) is 0 Å². The molecule has 4 heteroatoms. The molecule has 1 N–H and O–H groups in total. The highest BCUT2D eigenvalue weighted by Crippen LogP contribution is 2.13. The molecule has 0 radical (unpaired) electrons. The summed E-state index contributed by atoms with van der Waals surface area (Å²) in [6.45, 7) is 6.94. The summed E-state index contributed by atoms with van der Waals surface area (Å²) in [4.78, 5) is 9.90. The Morgan fingerprint density at radius 1 is 0.913 bits per heavy atom. The summed E-state index contributed by atoms with van der Waals surface area (Å²) in [5.41, 5.74) is 1.14. The van der Waals surface area contributed by atoms with Crippen LogP contribution >= 0.6 is 0 Å². The molecule has 1 aromatic rings. The van der Waals surface area contributed by atoms with Gasteiger partial charge in [-0.25, -0.2) is 0 Å². The number of hydrogen-bond donors (Lipinski definition) is 1. The van der Waals surface area contributed by atoms with E-state index < -0.39 is 0 Å². The zero-order valence-corrected chi connectivity index (χ0v) is 14.2. The highest BCUT2D eigenvalue weighted by Gasteiger charge is 2.15. The summed E-state index contributed by atoms with van der Waals surface area (Å²) in [7, 11) is 0. The number of nitrogens with zero attached hydrogens (tertiary/aromatic N) is 3. The predicted octanol–water partition coefficient (Wildman–Crippen LogP) is 3.43. The summed E-state index contributed by atoms with van der Waals surface area (Å²) in [5.74, 6) is 1.07. The SMILES string of the molecule is c1ccc(NC(=NCCCN2CCCC2)N2CCCCC2)cc1. The molecule has 0 aromatic heterocycles. The molecule has 0 spiro atoms. The average Bonchev–Trinajstić information content (AvgIpc) is 3.13. The van der Waals surface area contributed by atoms with Crippen molar-refractivity contribution in [3.63, 3.8) is 0 Å². The van der Waals surface area contributed by atoms with Crippen LogP contribution in [0.3, 0.4) is 0 Å². The van der Waals surface area contributed by atoms with Crippen molar-refractivity contribution in [1.82, 2.24) is 9.80 Å². The molecule has 4 nitrogen and oxygen atoms in total. The number of guanidine groups is 1. The Morgan fingerprint density at radius 3 is 2.35 bits per heavy atom. The molecule has 0 bridgehead atoms. The first-order chi connectivity index (χ1) is 11.4. The third-order valence-electron chi connectivity index (χ3n) is 4.78. The summed E-state index contributed by atoms with van der Waals surface area (Å²) in [5, 5.41) is 3.54. The molecule has 0 aliphatic carbocycles. The average molecular weight is 314 g/mol. The molecule has 1 aromatic carbocycles. The first-order valence-electron chi connectivity index (χ1n) is 9.26. The lowest BCUT2D eigenvalue weighted by atomic mass is 10.1. The Labute approximate surface area is 140 Å². The zero-order chi connectivity index (χ0) is 15.7. The third kappa shape index (κ3) is 5.24. The van der Waals surface area contributed by atoms with Gasteiger partial charge in [0, 0.05) is 25.3 Å². The van der Waals surface area contributed by atoms with Gasteiger partial charge in [-0.3, -0.25) is 4.99 Å². The quantitative estimate of drug-likeness (QED) is 0.513. The highest BCUT2D eigenvalue weighted by atomic mass is 15.3. The number of rotatable bonds is 5. The number of hydrogen-bond acceptors (Lipinski definition) is 2. The van der Waals surface area contributed by atoms with Gasteiger partial charge in [-0.1, -0.05) is 18.2 Å². The maximum Gasteiger partial charge on any atom is 0.198 e. The second-order valence-electron chi connectivity index (χ2n) is 6.65. The molecule has 23 heavy (non-hydrogen) atoms. The van der Waals surface area contributed by atoms with Gasteiger partial charge in [0.25, 0.3) is 0 Å². The Kier molecular flexibility index (Phi) is 6.33. The number of anilines is 1. The monoisotopic (exact) mass is 314 g/mol. The van der Waals surface area contributed by atoms with Gasteiger partial charge in [-0.05, 0) is 70.3 Å². The summed E-state index contributed by atoms with van der Waals surface area (Å²) in [6.07, 6.45) is 7.82. The van der Waals surface area contributed by atoms with Crippen molar-refractivity contribution < 1.29 is 0 Å². The van der Waals surface area contributed by atoms with Gasteiger partial charge in [0.2, 0.25) is 0 Å². The minimum absolute atomic E-state index is 0.919. The van der Waals surface area contributed by atoms with Crippen molar-refractivity contribution in [1.29, 1.82) is 0 Å². The Hall–Kier alpha value is -1.55. The number of likely N-dealkylation sites (tertiary alicyclic amines) is 2. The molecule has 0 saturated carbocycles. The molecular weight excluding hydrogens is 284 g/mol. The number of nitrogens with one attached hydrogen (secondary N) is 1. The number of benzene rings is 1. The molecule has 0 atom stereocenters. The van der Waals surface area contributed by atoms with E-state index in [9.17, 15) is 0 Å². The summed E-state index contributed by atoms with van der Waals surface area (Å²) < 4.78 is 0. The van der Waals surface area contributed by atoms with Crippen LogP contribution in [0.1, 0.15) is 38.5 Å². The smallest absolute Gasteiger partial charge is 0.198 e. The van der Waals surface area contributed by atoms with E-state index in [1.165, 1.54) is 51.7 Å². The van der Waals surface area contributed by atoms with Crippen molar-refractivity contribution in [3.05, 3.63) is 30.3 Å². The van der Waals surface area contributed by atoms with Crippen molar-refractivity contribution in [2.45, 2.75) is 38.5 Å². The van der Waals surface area contributed by atoms with Crippen LogP contribution in [0, 0.1) is 0 Å². The van der Waals surface area contributed by atoms with Gasteiger partial charge in [0.05, 0.1) is 0 Å². The lowest BCUT2D eigenvalue weighted by Crippen LogP contribution is -2.40. The van der Waals surface area contributed by atoms with Crippen LogP contribution in [0.4, 0.5) is 5.69 Å². The van der Waals surface area contributed by atoms with E-state index in [1.807, 2.05) is 0 Å². The van der Waals surface area contributed by atoms with Crippen LogP contribution in [0.25, 0.3) is 0 Å². The lowest BCUT2D eigenvalue weighted by Gasteiger charge is -2.30. The van der Waals surface area contributed by atoms with Crippen molar-refractivity contribution in [3.8, 4) is 0 Å². The first kappa shape index (κ1) is 16.3. The normalized spacial score (nSPS) is 20.0. The zero-order valence-electron chi connectivity index (χ0n) is 14.2. The molecular formula is C19H30N4. The molecule has 3 rings (SSSR count). The third-order valence-corrected chi connectivity index (χ3v) is 4.78. The second-order valence-corrected chi connectivity index (χ2v) is 6.65. The summed E-state index contributed by atoms with van der Waals surface area (Å²) >= 11 is 0. The van der Waals surface area contributed by atoms with Crippen LogP contribution in [0.2, 0.25) is 0 Å². The molecule has 0 unspecified atom stereocenters. The number of aliphatic imine (C=N–C) groups is 1.